The second kappa shape index (κ2) is 7.06. The number of carbonyl (C=O) groups is 1. The molecule has 130 valence electrons. The molecule has 3 rings (SSSR count). The van der Waals surface area contributed by atoms with Crippen LogP contribution in [-0.4, -0.2) is 25.2 Å². The maximum Gasteiger partial charge on any atom is 0.264 e. The van der Waals surface area contributed by atoms with Crippen molar-refractivity contribution in [2.24, 2.45) is 7.05 Å². The molecule has 25 heavy (non-hydrogen) atoms. The maximum atomic E-state index is 12.4. The van der Waals surface area contributed by atoms with Crippen molar-refractivity contribution in [2.45, 2.75) is 25.9 Å². The van der Waals surface area contributed by atoms with Crippen LogP contribution in [0.4, 0.5) is 0 Å². The quantitative estimate of drug-likeness (QED) is 0.756. The van der Waals surface area contributed by atoms with Gasteiger partial charge in [0.05, 0.1) is 18.6 Å². The molecule has 2 aromatic heterocycles. The molecule has 1 unspecified atom stereocenters. The second-order valence-electron chi connectivity index (χ2n) is 5.84. The van der Waals surface area contributed by atoms with E-state index in [0.717, 1.165) is 5.56 Å². The number of aryl methyl sites for hydroxylation is 2. The molecule has 0 aliphatic carbocycles. The molecule has 1 amide bonds. The molecular formula is C17H18ClN5O2. The summed E-state index contributed by atoms with van der Waals surface area (Å²) < 4.78 is 2.97. The van der Waals surface area contributed by atoms with Gasteiger partial charge in [0.15, 0.2) is 5.65 Å². The van der Waals surface area contributed by atoms with Crippen LogP contribution in [0.15, 0.2) is 41.6 Å². The third kappa shape index (κ3) is 3.71. The third-order valence-electron chi connectivity index (χ3n) is 4.02. The molecule has 1 N–H and O–H groups in total. The minimum Gasteiger partial charge on any atom is -0.350 e. The number of hydrogen-bond acceptors (Lipinski definition) is 4. The SMILES string of the molecule is CC(NC(=O)CCn1cnc2c(cnn2C)c1=O)c1cccc(Cl)c1. The lowest BCUT2D eigenvalue weighted by Crippen LogP contribution is -2.29. The Bertz CT molecular complexity index is 979. The Balaban J connectivity index is 1.64. The van der Waals surface area contributed by atoms with Crippen LogP contribution in [0.1, 0.15) is 24.9 Å². The summed E-state index contributed by atoms with van der Waals surface area (Å²) in [7, 11) is 1.73. The summed E-state index contributed by atoms with van der Waals surface area (Å²) in [6, 6.07) is 7.18. The zero-order chi connectivity index (χ0) is 18.0. The molecule has 0 saturated carbocycles. The smallest absolute Gasteiger partial charge is 0.264 e. The van der Waals surface area contributed by atoms with Crippen molar-refractivity contribution < 1.29 is 4.79 Å². The number of fused-ring (bicyclic) bond motifs is 1. The van der Waals surface area contributed by atoms with Gasteiger partial charge in [-0.1, -0.05) is 23.7 Å². The third-order valence-corrected chi connectivity index (χ3v) is 4.26. The molecule has 7 nitrogen and oxygen atoms in total. The Morgan fingerprint density at radius 1 is 1.40 bits per heavy atom. The Morgan fingerprint density at radius 3 is 2.96 bits per heavy atom. The van der Waals surface area contributed by atoms with E-state index in [9.17, 15) is 9.59 Å². The monoisotopic (exact) mass is 359 g/mol. The number of carbonyl (C=O) groups excluding carboxylic acids is 1. The van der Waals surface area contributed by atoms with Crippen LogP contribution >= 0.6 is 11.6 Å². The van der Waals surface area contributed by atoms with Crippen molar-refractivity contribution in [3.05, 3.63) is 57.7 Å². The number of benzene rings is 1. The normalized spacial score (nSPS) is 12.3. The lowest BCUT2D eigenvalue weighted by atomic mass is 10.1. The fourth-order valence-electron chi connectivity index (χ4n) is 2.62. The Morgan fingerprint density at radius 2 is 2.20 bits per heavy atom. The second-order valence-corrected chi connectivity index (χ2v) is 6.28. The Hall–Kier alpha value is -2.67. The molecule has 0 aliphatic rings. The molecule has 0 spiro atoms. The van der Waals surface area contributed by atoms with Gasteiger partial charge >= 0.3 is 0 Å². The minimum atomic E-state index is -0.200. The molecule has 0 bridgehead atoms. The van der Waals surface area contributed by atoms with Gasteiger partial charge in [0.1, 0.15) is 5.39 Å². The molecule has 0 saturated heterocycles. The van der Waals surface area contributed by atoms with E-state index in [1.165, 1.54) is 17.1 Å². The molecule has 3 aromatic rings. The average Bonchev–Trinajstić information content (AvgIpc) is 2.96. The van der Waals surface area contributed by atoms with E-state index in [2.05, 4.69) is 15.4 Å². The first-order chi connectivity index (χ1) is 12.0. The summed E-state index contributed by atoms with van der Waals surface area (Å²) in [5.41, 5.74) is 1.26. The molecule has 0 aliphatic heterocycles. The van der Waals surface area contributed by atoms with E-state index in [1.54, 1.807) is 17.8 Å². The molecule has 8 heteroatoms. The highest BCUT2D eigenvalue weighted by atomic mass is 35.5. The van der Waals surface area contributed by atoms with E-state index < -0.39 is 0 Å². The molecule has 2 heterocycles. The summed E-state index contributed by atoms with van der Waals surface area (Å²) in [6.07, 6.45) is 3.11. The summed E-state index contributed by atoms with van der Waals surface area (Å²) in [5, 5.41) is 8.00. The predicted octanol–water partition coefficient (Wildman–Crippen LogP) is 2.05. The fraction of sp³-hybridized carbons (Fsp3) is 0.294. The first-order valence-corrected chi connectivity index (χ1v) is 8.25. The topological polar surface area (TPSA) is 81.8 Å². The van der Waals surface area contributed by atoms with E-state index in [4.69, 9.17) is 11.6 Å². The maximum absolute atomic E-state index is 12.4. The summed E-state index contributed by atoms with van der Waals surface area (Å²) in [5.74, 6) is -0.148. The van der Waals surface area contributed by atoms with Gasteiger partial charge in [-0.25, -0.2) is 4.98 Å². The zero-order valence-corrected chi connectivity index (χ0v) is 14.7. The van der Waals surface area contributed by atoms with Crippen molar-refractivity contribution in [2.75, 3.05) is 0 Å². The lowest BCUT2D eigenvalue weighted by Gasteiger charge is -2.15. The van der Waals surface area contributed by atoms with Crippen LogP contribution in [0, 0.1) is 0 Å². The minimum absolute atomic E-state index is 0.148. The van der Waals surface area contributed by atoms with E-state index in [1.807, 2.05) is 25.1 Å². The van der Waals surface area contributed by atoms with E-state index in [-0.39, 0.29) is 30.5 Å². The largest absolute Gasteiger partial charge is 0.350 e. The van der Waals surface area contributed by atoms with Crippen LogP contribution in [0.25, 0.3) is 11.0 Å². The van der Waals surface area contributed by atoms with Gasteiger partial charge in [-0.05, 0) is 24.6 Å². The van der Waals surface area contributed by atoms with E-state index >= 15 is 0 Å². The molecule has 1 atom stereocenters. The number of nitrogens with one attached hydrogen (secondary N) is 1. The van der Waals surface area contributed by atoms with Crippen molar-refractivity contribution in [1.82, 2.24) is 24.6 Å². The molecule has 0 fully saturated rings. The van der Waals surface area contributed by atoms with Crippen LogP contribution < -0.4 is 10.9 Å². The number of amides is 1. The van der Waals surface area contributed by atoms with Crippen LogP contribution in [0.3, 0.4) is 0 Å². The number of aromatic nitrogens is 4. The molecule has 0 radical (unpaired) electrons. The van der Waals surface area contributed by atoms with Crippen molar-refractivity contribution in [1.29, 1.82) is 0 Å². The van der Waals surface area contributed by atoms with E-state index in [0.29, 0.717) is 16.1 Å². The highest BCUT2D eigenvalue weighted by Crippen LogP contribution is 2.17. The lowest BCUT2D eigenvalue weighted by molar-refractivity contribution is -0.121. The summed E-state index contributed by atoms with van der Waals surface area (Å²) in [6.45, 7) is 2.14. The number of nitrogens with zero attached hydrogens (tertiary/aromatic N) is 4. The zero-order valence-electron chi connectivity index (χ0n) is 13.9. The Kier molecular flexibility index (Phi) is 4.85. The van der Waals surface area contributed by atoms with Gasteiger partial charge in [-0.15, -0.1) is 0 Å². The summed E-state index contributed by atoms with van der Waals surface area (Å²) >= 11 is 5.97. The van der Waals surface area contributed by atoms with Crippen LogP contribution in [0.2, 0.25) is 5.02 Å². The predicted molar refractivity (Wildman–Crippen MR) is 95.4 cm³/mol. The van der Waals surface area contributed by atoms with Crippen molar-refractivity contribution >= 4 is 28.5 Å². The van der Waals surface area contributed by atoms with Gasteiger partial charge in [0.25, 0.3) is 5.56 Å². The number of hydrogen-bond donors (Lipinski definition) is 1. The van der Waals surface area contributed by atoms with Gasteiger partial charge in [-0.3, -0.25) is 18.8 Å². The Labute approximate surface area is 149 Å². The average molecular weight is 360 g/mol. The first-order valence-electron chi connectivity index (χ1n) is 7.87. The van der Waals surface area contributed by atoms with Crippen molar-refractivity contribution in [3.8, 4) is 0 Å². The number of rotatable bonds is 5. The first kappa shape index (κ1) is 17.2. The number of halogens is 1. The standard InChI is InChI=1S/C17H18ClN5O2/c1-11(12-4-3-5-13(18)8-12)21-15(24)6-7-23-10-19-16-14(17(23)25)9-20-22(16)2/h3-5,8-11H,6-7H2,1-2H3,(H,21,24). The van der Waals surface area contributed by atoms with Gasteiger partial charge < -0.3 is 5.32 Å². The highest BCUT2D eigenvalue weighted by Gasteiger charge is 2.12. The van der Waals surface area contributed by atoms with Crippen LogP contribution in [-0.2, 0) is 18.4 Å². The fourth-order valence-corrected chi connectivity index (χ4v) is 2.82. The summed E-state index contributed by atoms with van der Waals surface area (Å²) in [4.78, 5) is 28.7. The van der Waals surface area contributed by atoms with Crippen LogP contribution in [0.5, 0.6) is 0 Å². The molecular weight excluding hydrogens is 342 g/mol. The van der Waals surface area contributed by atoms with Gasteiger partial charge in [-0.2, -0.15) is 5.10 Å². The highest BCUT2D eigenvalue weighted by molar-refractivity contribution is 6.30. The van der Waals surface area contributed by atoms with Gasteiger partial charge in [0, 0.05) is 25.0 Å². The molecule has 1 aromatic carbocycles. The van der Waals surface area contributed by atoms with Crippen molar-refractivity contribution in [3.63, 3.8) is 0 Å². The van der Waals surface area contributed by atoms with Gasteiger partial charge in [0.2, 0.25) is 5.91 Å².